The Kier molecular flexibility index (Phi) is 5.74. The number of nitrogen functional groups attached to an aromatic ring is 1. The van der Waals surface area contributed by atoms with Crippen molar-refractivity contribution in [2.45, 2.75) is 19.9 Å². The van der Waals surface area contributed by atoms with Gasteiger partial charge < -0.3 is 25.1 Å². The number of ether oxygens (including phenoxy) is 1. The fourth-order valence-electron chi connectivity index (χ4n) is 3.64. The predicted molar refractivity (Wildman–Crippen MR) is 123 cm³/mol. The number of carbonyl (C=O) groups is 1. The maximum Gasteiger partial charge on any atom is 0.200 e. The number of imidazole rings is 1. The van der Waals surface area contributed by atoms with E-state index in [2.05, 4.69) is 20.2 Å². The van der Waals surface area contributed by atoms with Gasteiger partial charge in [0.15, 0.2) is 17.4 Å². The van der Waals surface area contributed by atoms with Crippen LogP contribution in [0.2, 0.25) is 0 Å². The Labute approximate surface area is 184 Å². The number of hydrogen-bond acceptors (Lipinski definition) is 7. The van der Waals surface area contributed by atoms with Gasteiger partial charge in [-0.1, -0.05) is 24.3 Å². The third-order valence-corrected chi connectivity index (χ3v) is 5.18. The van der Waals surface area contributed by atoms with Crippen molar-refractivity contribution >= 4 is 34.1 Å². The van der Waals surface area contributed by atoms with E-state index < -0.39 is 0 Å². The number of nitrogens with zero attached hydrogens (tertiary/aromatic N) is 4. The molecule has 9 heteroatoms. The third-order valence-electron chi connectivity index (χ3n) is 5.18. The minimum atomic E-state index is -0.235. The molecule has 0 saturated heterocycles. The van der Waals surface area contributed by atoms with Crippen molar-refractivity contribution in [3.63, 3.8) is 0 Å². The molecule has 2 aromatic carbocycles. The summed E-state index contributed by atoms with van der Waals surface area (Å²) in [6.45, 7) is 3.73. The summed E-state index contributed by atoms with van der Waals surface area (Å²) in [7, 11) is 1.59. The maximum absolute atomic E-state index is 11.7. The summed E-state index contributed by atoms with van der Waals surface area (Å²) in [4.78, 5) is 19.4. The van der Waals surface area contributed by atoms with Gasteiger partial charge in [0.2, 0.25) is 0 Å². The molecule has 0 saturated carbocycles. The lowest BCUT2D eigenvalue weighted by molar-refractivity contribution is 0.101. The summed E-state index contributed by atoms with van der Waals surface area (Å²) in [6, 6.07) is 14.1. The Bertz CT molecular complexity index is 1290. The predicted octanol–water partition coefficient (Wildman–Crippen LogP) is 5.14. The monoisotopic (exact) mass is 432 g/mol. The molecule has 32 heavy (non-hydrogen) atoms. The molecule has 1 atom stereocenters. The fourth-order valence-corrected chi connectivity index (χ4v) is 3.64. The number of benzene rings is 2. The second-order valence-electron chi connectivity index (χ2n) is 7.52. The number of carbonyl (C=O) groups excluding carboxylic acids is 1. The zero-order valence-electron chi connectivity index (χ0n) is 18.0. The molecule has 0 fully saturated rings. The lowest BCUT2D eigenvalue weighted by atomic mass is 10.1. The minimum absolute atomic E-state index is 0.0709. The molecule has 0 radical (unpaired) electrons. The molecule has 164 valence electrons. The first-order valence-electron chi connectivity index (χ1n) is 10.1. The number of aromatic nitrogens is 3. The number of fused-ring (bicyclic) bond motifs is 1. The van der Waals surface area contributed by atoms with E-state index in [1.165, 1.54) is 6.92 Å². The molecule has 0 amide bonds. The van der Waals surface area contributed by atoms with Gasteiger partial charge in [-0.15, -0.1) is 10.2 Å². The molecule has 4 N–H and O–H groups in total. The van der Waals surface area contributed by atoms with E-state index in [0.717, 1.165) is 11.0 Å². The number of Topliss-reactive ketones (excluding diaryl/α,β-unsaturated/α-hetero) is 1. The molecule has 2 aromatic heterocycles. The molecule has 4 rings (SSSR count). The van der Waals surface area contributed by atoms with E-state index in [0.29, 0.717) is 29.2 Å². The van der Waals surface area contributed by atoms with E-state index in [1.807, 2.05) is 31.2 Å². The molecule has 9 nitrogen and oxygen atoms in total. The van der Waals surface area contributed by atoms with Crippen LogP contribution < -0.4 is 5.73 Å². The second-order valence-corrected chi connectivity index (χ2v) is 7.52. The largest absolute Gasteiger partial charge is 0.504 e. The summed E-state index contributed by atoms with van der Waals surface area (Å²) in [5.74, 6) is 0.683. The summed E-state index contributed by atoms with van der Waals surface area (Å²) in [6.07, 6.45) is 0. The summed E-state index contributed by atoms with van der Waals surface area (Å²) < 4.78 is 6.95. The lowest BCUT2D eigenvalue weighted by Crippen LogP contribution is -2.13. The smallest absolute Gasteiger partial charge is 0.200 e. The van der Waals surface area contributed by atoms with Gasteiger partial charge in [0, 0.05) is 12.7 Å². The van der Waals surface area contributed by atoms with Crippen LogP contribution in [0.5, 0.6) is 5.75 Å². The number of aromatic amines is 1. The second kappa shape index (κ2) is 8.64. The Hall–Kier alpha value is -3.98. The number of H-pyrrole nitrogens is 1. The zero-order chi connectivity index (χ0) is 22.8. The number of aromatic hydroxyl groups is 1. The highest BCUT2D eigenvalue weighted by atomic mass is 16.5. The van der Waals surface area contributed by atoms with Crippen LogP contribution in [0.15, 0.2) is 58.8 Å². The summed E-state index contributed by atoms with van der Waals surface area (Å²) >= 11 is 0. The van der Waals surface area contributed by atoms with Crippen molar-refractivity contribution in [1.82, 2.24) is 14.5 Å². The van der Waals surface area contributed by atoms with Crippen molar-refractivity contribution in [2.24, 2.45) is 10.2 Å². The standard InChI is InChI=1S/C23H24N6O3/c1-13(12-32-3)29-21(24)19(22-25-17-9-4-5-10-18(17)26-22)20(31)23(29)28-27-16-8-6-7-15(11-16)14(2)30/h4-11,13,31H,12,24H2,1-3H3,(H,25,26)/t13-/m0/s1. The number of hydrogen-bond donors (Lipinski definition) is 3. The van der Waals surface area contributed by atoms with Gasteiger partial charge in [-0.3, -0.25) is 4.79 Å². The molecule has 0 aliphatic carbocycles. The molecular formula is C23H24N6O3. The first-order chi connectivity index (χ1) is 15.4. The van der Waals surface area contributed by atoms with E-state index in [-0.39, 0.29) is 29.2 Å². The number of ketones is 1. The SMILES string of the molecule is COC[C@H](C)n1c(N)c(-c2nc3ccccc3[nH]2)c(O)c1N=Nc1cccc(C(C)=O)c1. The highest BCUT2D eigenvalue weighted by molar-refractivity contribution is 5.94. The van der Waals surface area contributed by atoms with Crippen LogP contribution in [-0.4, -0.2) is 39.1 Å². The normalized spacial score (nSPS) is 12.6. The molecule has 0 aliphatic rings. The highest BCUT2D eigenvalue weighted by Gasteiger charge is 2.27. The van der Waals surface area contributed by atoms with Crippen LogP contribution in [-0.2, 0) is 4.74 Å². The Balaban J connectivity index is 1.84. The highest BCUT2D eigenvalue weighted by Crippen LogP contribution is 2.46. The van der Waals surface area contributed by atoms with Gasteiger partial charge in [-0.2, -0.15) is 0 Å². The van der Waals surface area contributed by atoms with Crippen molar-refractivity contribution in [1.29, 1.82) is 0 Å². The van der Waals surface area contributed by atoms with Crippen LogP contribution in [0, 0.1) is 0 Å². The van der Waals surface area contributed by atoms with Gasteiger partial charge in [0.05, 0.1) is 29.4 Å². The van der Waals surface area contributed by atoms with Gasteiger partial charge in [-0.05, 0) is 38.1 Å². The molecule has 4 aromatic rings. The quantitative estimate of drug-likeness (QED) is 0.275. The molecule has 2 heterocycles. The van der Waals surface area contributed by atoms with Crippen LogP contribution in [0.4, 0.5) is 17.3 Å². The van der Waals surface area contributed by atoms with Crippen molar-refractivity contribution < 1.29 is 14.6 Å². The number of nitrogens with two attached hydrogens (primary N) is 1. The van der Waals surface area contributed by atoms with Crippen LogP contribution in [0.3, 0.4) is 0 Å². The first-order valence-corrected chi connectivity index (χ1v) is 10.1. The van der Waals surface area contributed by atoms with E-state index in [4.69, 9.17) is 10.5 Å². The average molecular weight is 432 g/mol. The van der Waals surface area contributed by atoms with Crippen LogP contribution in [0.25, 0.3) is 22.4 Å². The van der Waals surface area contributed by atoms with Crippen molar-refractivity contribution in [3.05, 3.63) is 54.1 Å². The van der Waals surface area contributed by atoms with Crippen LogP contribution >= 0.6 is 0 Å². The number of nitrogens with one attached hydrogen (secondary N) is 1. The van der Waals surface area contributed by atoms with Gasteiger partial charge in [0.25, 0.3) is 0 Å². The fraction of sp³-hybridized carbons (Fsp3) is 0.217. The molecule has 0 aliphatic heterocycles. The van der Waals surface area contributed by atoms with Crippen molar-refractivity contribution in [2.75, 3.05) is 19.5 Å². The van der Waals surface area contributed by atoms with E-state index in [1.54, 1.807) is 35.9 Å². The number of azo groups is 1. The number of anilines is 1. The van der Waals surface area contributed by atoms with Gasteiger partial charge >= 0.3 is 0 Å². The summed E-state index contributed by atoms with van der Waals surface area (Å²) in [5, 5.41) is 19.6. The van der Waals surface area contributed by atoms with Gasteiger partial charge in [-0.25, -0.2) is 4.98 Å². The number of rotatable bonds is 7. The Morgan fingerprint density at radius 1 is 1.25 bits per heavy atom. The van der Waals surface area contributed by atoms with Gasteiger partial charge in [0.1, 0.15) is 17.2 Å². The minimum Gasteiger partial charge on any atom is -0.504 e. The van der Waals surface area contributed by atoms with E-state index >= 15 is 0 Å². The Morgan fingerprint density at radius 2 is 2.03 bits per heavy atom. The van der Waals surface area contributed by atoms with E-state index in [9.17, 15) is 9.90 Å². The zero-order valence-corrected chi connectivity index (χ0v) is 18.0. The number of para-hydroxylation sites is 2. The number of methoxy groups -OCH3 is 1. The summed E-state index contributed by atoms with van der Waals surface area (Å²) in [5.41, 5.74) is 9.39. The third kappa shape index (κ3) is 3.85. The molecule has 0 unspecified atom stereocenters. The van der Waals surface area contributed by atoms with Crippen molar-refractivity contribution in [3.8, 4) is 17.1 Å². The molecule has 0 spiro atoms. The average Bonchev–Trinajstić information content (AvgIpc) is 3.30. The maximum atomic E-state index is 11.7. The lowest BCUT2D eigenvalue weighted by Gasteiger charge is -2.16. The first kappa shape index (κ1) is 21.3. The molecule has 0 bridgehead atoms. The van der Waals surface area contributed by atoms with Crippen LogP contribution in [0.1, 0.15) is 30.2 Å². The molecular weight excluding hydrogens is 408 g/mol. The topological polar surface area (TPSA) is 131 Å². The Morgan fingerprint density at radius 3 is 2.75 bits per heavy atom.